The van der Waals surface area contributed by atoms with Crippen LogP contribution < -0.4 is 0 Å². The first kappa shape index (κ1) is 31.5. The van der Waals surface area contributed by atoms with Gasteiger partial charge in [0.25, 0.3) is 0 Å². The van der Waals surface area contributed by atoms with Gasteiger partial charge in [0.2, 0.25) is 0 Å². The smallest absolute Gasteiger partial charge is 0.164 e. The van der Waals surface area contributed by atoms with Crippen LogP contribution in [0.15, 0.2) is 188 Å². The first-order chi connectivity index (χ1) is 27.2. The minimum atomic E-state index is 0.642. The summed E-state index contributed by atoms with van der Waals surface area (Å²) in [6, 6.07) is 66.9. The van der Waals surface area contributed by atoms with E-state index < -0.39 is 0 Å². The Balaban J connectivity index is 1.17. The highest BCUT2D eigenvalue weighted by Crippen LogP contribution is 2.44. The van der Waals surface area contributed by atoms with E-state index in [-0.39, 0.29) is 0 Å². The van der Waals surface area contributed by atoms with E-state index in [0.717, 1.165) is 44.3 Å². The van der Waals surface area contributed by atoms with Crippen molar-refractivity contribution >= 4 is 63.8 Å². The van der Waals surface area contributed by atoms with Crippen LogP contribution in [-0.2, 0) is 0 Å². The van der Waals surface area contributed by atoms with Gasteiger partial charge in [-0.3, -0.25) is 0 Å². The lowest BCUT2D eigenvalue weighted by atomic mass is 9.91. The Morgan fingerprint density at radius 3 is 1.49 bits per heavy atom. The lowest BCUT2D eigenvalue weighted by Gasteiger charge is -2.14. The van der Waals surface area contributed by atoms with Crippen molar-refractivity contribution in [3.63, 3.8) is 0 Å². The Hall–Kier alpha value is -7.01. The molecule has 0 unspecified atom stereocenters. The third kappa shape index (κ3) is 5.38. The summed E-state index contributed by atoms with van der Waals surface area (Å²) in [7, 11) is 0. The van der Waals surface area contributed by atoms with Crippen LogP contribution >= 0.6 is 11.3 Å². The molecule has 0 aliphatic carbocycles. The molecule has 3 nitrogen and oxygen atoms in total. The average Bonchev–Trinajstić information content (AvgIpc) is 3.65. The monoisotopic (exact) mass is 717 g/mol. The highest BCUT2D eigenvalue weighted by Gasteiger charge is 2.20. The van der Waals surface area contributed by atoms with Gasteiger partial charge in [-0.25, -0.2) is 15.0 Å². The molecular weight excluding hydrogens is 687 g/mol. The molecule has 0 bridgehead atoms. The van der Waals surface area contributed by atoms with Crippen LogP contribution in [0.2, 0.25) is 0 Å². The maximum atomic E-state index is 5.31. The zero-order chi connectivity index (χ0) is 36.3. The molecule has 0 saturated heterocycles. The third-order valence-corrected chi connectivity index (χ3v) is 11.8. The molecule has 11 rings (SSSR count). The Morgan fingerprint density at radius 1 is 0.273 bits per heavy atom. The molecule has 2 aromatic heterocycles. The van der Waals surface area contributed by atoms with Crippen LogP contribution in [0.5, 0.6) is 0 Å². The normalized spacial score (nSPS) is 11.6. The van der Waals surface area contributed by atoms with E-state index in [4.69, 9.17) is 15.0 Å². The highest BCUT2D eigenvalue weighted by molar-refractivity contribution is 7.26. The van der Waals surface area contributed by atoms with E-state index in [2.05, 4.69) is 164 Å². The van der Waals surface area contributed by atoms with Crippen molar-refractivity contribution < 1.29 is 0 Å². The predicted molar refractivity (Wildman–Crippen MR) is 232 cm³/mol. The predicted octanol–water partition coefficient (Wildman–Crippen LogP) is 14.0. The second-order valence-corrected chi connectivity index (χ2v) is 15.0. The summed E-state index contributed by atoms with van der Waals surface area (Å²) in [5.41, 5.74) is 7.43. The van der Waals surface area contributed by atoms with Crippen LogP contribution in [0.25, 0.3) is 109 Å². The number of benzene rings is 9. The van der Waals surface area contributed by atoms with Crippen molar-refractivity contribution in [1.29, 1.82) is 0 Å². The van der Waals surface area contributed by atoms with E-state index in [1.165, 1.54) is 47.1 Å². The summed E-state index contributed by atoms with van der Waals surface area (Å²) in [5, 5.41) is 9.95. The summed E-state index contributed by atoms with van der Waals surface area (Å²) in [6.45, 7) is 0. The molecule has 0 aliphatic heterocycles. The molecule has 2 heterocycles. The molecule has 4 heteroatoms. The lowest BCUT2D eigenvalue weighted by Crippen LogP contribution is -2.01. The molecule has 9 aromatic carbocycles. The van der Waals surface area contributed by atoms with E-state index in [1.807, 2.05) is 35.6 Å². The van der Waals surface area contributed by atoms with Gasteiger partial charge in [-0.05, 0) is 84.9 Å². The fourth-order valence-corrected chi connectivity index (χ4v) is 9.27. The SMILES string of the molecule is c1ccc(-c2cccc(-c3nc(-c4ccccc4)nc(-c4cc(-c5ccc6c7ccccc7c7ccccc7c6c5)cc5sc6ccccc6c45)n3)c2)cc1. The van der Waals surface area contributed by atoms with Crippen LogP contribution in [0, 0.1) is 0 Å². The molecule has 0 radical (unpaired) electrons. The minimum Gasteiger partial charge on any atom is -0.208 e. The van der Waals surface area contributed by atoms with Crippen LogP contribution in [-0.4, -0.2) is 15.0 Å². The standard InChI is InChI=1S/C51H31N3S/c1-3-14-32(15-4-1)34-18-13-19-36(28-34)50-52-49(33-16-5-2-6-17-33)53-51(54-50)45-30-37(31-47-48(45)43-24-11-12-25-46(43)55-47)35-26-27-42-40-22-8-7-20-38(40)39-21-9-10-23-41(39)44(42)29-35/h1-31H. The summed E-state index contributed by atoms with van der Waals surface area (Å²) in [6.07, 6.45) is 0. The van der Waals surface area contributed by atoms with Gasteiger partial charge in [0.05, 0.1) is 0 Å². The number of nitrogens with zero attached hydrogens (tertiary/aromatic N) is 3. The third-order valence-electron chi connectivity index (χ3n) is 10.7. The van der Waals surface area contributed by atoms with Crippen molar-refractivity contribution in [2.75, 3.05) is 0 Å². The molecule has 0 N–H and O–H groups in total. The molecule has 0 aliphatic rings. The van der Waals surface area contributed by atoms with Crippen LogP contribution in [0.3, 0.4) is 0 Å². The number of fused-ring (bicyclic) bond motifs is 9. The first-order valence-electron chi connectivity index (χ1n) is 18.5. The average molecular weight is 718 g/mol. The van der Waals surface area contributed by atoms with Crippen molar-refractivity contribution in [3.05, 3.63) is 188 Å². The number of aromatic nitrogens is 3. The molecule has 0 fully saturated rings. The van der Waals surface area contributed by atoms with Gasteiger partial charge in [-0.2, -0.15) is 0 Å². The van der Waals surface area contributed by atoms with E-state index in [9.17, 15) is 0 Å². The Labute approximate surface area is 321 Å². The fourth-order valence-electron chi connectivity index (χ4n) is 8.09. The molecule has 55 heavy (non-hydrogen) atoms. The van der Waals surface area contributed by atoms with Gasteiger partial charge in [0, 0.05) is 36.9 Å². The molecule has 0 spiro atoms. The maximum absolute atomic E-state index is 5.31. The second-order valence-electron chi connectivity index (χ2n) is 14.0. The Morgan fingerprint density at radius 2 is 0.782 bits per heavy atom. The summed E-state index contributed by atoms with van der Waals surface area (Å²) in [5.74, 6) is 1.94. The largest absolute Gasteiger partial charge is 0.208 e. The van der Waals surface area contributed by atoms with Gasteiger partial charge >= 0.3 is 0 Å². The zero-order valence-corrected chi connectivity index (χ0v) is 30.5. The molecule has 0 atom stereocenters. The maximum Gasteiger partial charge on any atom is 0.164 e. The molecule has 0 saturated carbocycles. The van der Waals surface area contributed by atoms with Crippen molar-refractivity contribution in [2.45, 2.75) is 0 Å². The summed E-state index contributed by atoms with van der Waals surface area (Å²) < 4.78 is 2.44. The Bertz CT molecular complexity index is 3220. The van der Waals surface area contributed by atoms with Gasteiger partial charge in [-0.1, -0.05) is 158 Å². The van der Waals surface area contributed by atoms with E-state index in [0.29, 0.717) is 17.5 Å². The van der Waals surface area contributed by atoms with Crippen LogP contribution in [0.4, 0.5) is 0 Å². The fraction of sp³-hybridized carbons (Fsp3) is 0. The first-order valence-corrected chi connectivity index (χ1v) is 19.3. The number of rotatable bonds is 5. The van der Waals surface area contributed by atoms with Crippen molar-refractivity contribution in [3.8, 4) is 56.4 Å². The number of thiophene rings is 1. The molecule has 256 valence electrons. The molecule has 11 aromatic rings. The van der Waals surface area contributed by atoms with Gasteiger partial charge in [0.1, 0.15) is 0 Å². The van der Waals surface area contributed by atoms with Gasteiger partial charge in [0.15, 0.2) is 17.5 Å². The Kier molecular flexibility index (Phi) is 7.35. The quantitative estimate of drug-likeness (QED) is 0.166. The lowest BCUT2D eigenvalue weighted by molar-refractivity contribution is 1.08. The zero-order valence-electron chi connectivity index (χ0n) is 29.6. The van der Waals surface area contributed by atoms with Crippen LogP contribution in [0.1, 0.15) is 0 Å². The summed E-state index contributed by atoms with van der Waals surface area (Å²) in [4.78, 5) is 15.7. The summed E-state index contributed by atoms with van der Waals surface area (Å²) >= 11 is 1.82. The van der Waals surface area contributed by atoms with Gasteiger partial charge < -0.3 is 0 Å². The van der Waals surface area contributed by atoms with E-state index >= 15 is 0 Å². The van der Waals surface area contributed by atoms with Gasteiger partial charge in [-0.15, -0.1) is 11.3 Å². The number of hydrogen-bond donors (Lipinski definition) is 0. The minimum absolute atomic E-state index is 0.642. The van der Waals surface area contributed by atoms with Crippen molar-refractivity contribution in [2.24, 2.45) is 0 Å². The highest BCUT2D eigenvalue weighted by atomic mass is 32.1. The molecular formula is C51H31N3S. The number of hydrogen-bond acceptors (Lipinski definition) is 4. The van der Waals surface area contributed by atoms with E-state index in [1.54, 1.807) is 0 Å². The van der Waals surface area contributed by atoms with Crippen molar-refractivity contribution in [1.82, 2.24) is 15.0 Å². The second kappa shape index (κ2) is 12.8. The topological polar surface area (TPSA) is 38.7 Å². The molecule has 0 amide bonds.